The summed E-state index contributed by atoms with van der Waals surface area (Å²) in [5.41, 5.74) is 3.12. The zero-order valence-corrected chi connectivity index (χ0v) is 11.7. The highest BCUT2D eigenvalue weighted by Crippen LogP contribution is 2.16. The lowest BCUT2D eigenvalue weighted by molar-refractivity contribution is 1.08. The predicted octanol–water partition coefficient (Wildman–Crippen LogP) is 4.26. The van der Waals surface area contributed by atoms with Crippen molar-refractivity contribution in [3.63, 3.8) is 0 Å². The average Bonchev–Trinajstić information content (AvgIpc) is 3.03. The van der Waals surface area contributed by atoms with E-state index in [1.54, 1.807) is 0 Å². The molecule has 2 nitrogen and oxygen atoms in total. The first-order valence-electron chi connectivity index (χ1n) is 6.43. The van der Waals surface area contributed by atoms with Crippen molar-refractivity contribution < 1.29 is 0 Å². The van der Waals surface area contributed by atoms with Crippen LogP contribution in [0.15, 0.2) is 79.1 Å². The second-order valence-electron chi connectivity index (χ2n) is 4.46. The summed E-state index contributed by atoms with van der Waals surface area (Å²) in [6.07, 6.45) is 4.04. The minimum atomic E-state index is 0.732. The molecule has 20 heavy (non-hydrogen) atoms. The van der Waals surface area contributed by atoms with Crippen molar-refractivity contribution in [3.8, 4) is 5.69 Å². The van der Waals surface area contributed by atoms with Gasteiger partial charge in [0.05, 0.1) is 0 Å². The Hall–Kier alpha value is -2.39. The molecular formula is C17H14N2S. The van der Waals surface area contributed by atoms with Gasteiger partial charge in [0.1, 0.15) is 4.99 Å². The van der Waals surface area contributed by atoms with Crippen LogP contribution in [-0.4, -0.2) is 9.56 Å². The Kier molecular flexibility index (Phi) is 3.61. The van der Waals surface area contributed by atoms with Crippen LogP contribution in [0.25, 0.3) is 5.69 Å². The quantitative estimate of drug-likeness (QED) is 0.721. The van der Waals surface area contributed by atoms with Crippen LogP contribution in [0.2, 0.25) is 0 Å². The van der Waals surface area contributed by atoms with Crippen LogP contribution >= 0.6 is 12.2 Å². The van der Waals surface area contributed by atoms with Crippen molar-refractivity contribution in [2.45, 2.75) is 0 Å². The van der Waals surface area contributed by atoms with E-state index in [1.807, 2.05) is 67.0 Å². The van der Waals surface area contributed by atoms with Gasteiger partial charge in [0.15, 0.2) is 0 Å². The van der Waals surface area contributed by atoms with Crippen molar-refractivity contribution in [2.75, 3.05) is 5.32 Å². The fraction of sp³-hybridized carbons (Fsp3) is 0. The van der Waals surface area contributed by atoms with Crippen molar-refractivity contribution in [1.29, 1.82) is 0 Å². The number of nitrogens with zero attached hydrogens (tertiary/aromatic N) is 1. The molecule has 0 atom stereocenters. The summed E-state index contributed by atoms with van der Waals surface area (Å²) in [4.78, 5) is 0.732. The number of benzene rings is 2. The second kappa shape index (κ2) is 5.72. The first-order valence-corrected chi connectivity index (χ1v) is 6.83. The molecule has 3 heteroatoms. The summed E-state index contributed by atoms with van der Waals surface area (Å²) in [6.45, 7) is 0. The van der Waals surface area contributed by atoms with E-state index in [2.05, 4.69) is 22.0 Å². The molecule has 0 unspecified atom stereocenters. The number of aromatic nitrogens is 1. The van der Waals surface area contributed by atoms with Crippen LogP contribution < -0.4 is 5.32 Å². The third-order valence-electron chi connectivity index (χ3n) is 3.04. The lowest BCUT2D eigenvalue weighted by atomic mass is 10.2. The fourth-order valence-electron chi connectivity index (χ4n) is 2.04. The summed E-state index contributed by atoms with van der Waals surface area (Å²) in [7, 11) is 0. The van der Waals surface area contributed by atoms with Crippen molar-refractivity contribution in [1.82, 2.24) is 4.57 Å². The third-order valence-corrected chi connectivity index (χ3v) is 3.38. The highest BCUT2D eigenvalue weighted by molar-refractivity contribution is 7.81. The molecule has 98 valence electrons. The molecule has 0 aliphatic carbocycles. The molecule has 1 aromatic heterocycles. The van der Waals surface area contributed by atoms with Gasteiger partial charge in [-0.05, 0) is 30.3 Å². The Bertz CT molecular complexity index is 703. The van der Waals surface area contributed by atoms with Gasteiger partial charge in [-0.15, -0.1) is 0 Å². The lowest BCUT2D eigenvalue weighted by Gasteiger charge is -2.10. The molecule has 1 heterocycles. The summed E-state index contributed by atoms with van der Waals surface area (Å²) in [5.74, 6) is 0. The molecule has 3 rings (SSSR count). The Morgan fingerprint density at radius 3 is 2.35 bits per heavy atom. The maximum absolute atomic E-state index is 5.43. The van der Waals surface area contributed by atoms with Gasteiger partial charge in [0.2, 0.25) is 0 Å². The number of hydrogen-bond acceptors (Lipinski definition) is 1. The molecule has 0 spiro atoms. The largest absolute Gasteiger partial charge is 0.346 e. The maximum atomic E-state index is 5.43. The highest BCUT2D eigenvalue weighted by atomic mass is 32.1. The third kappa shape index (κ3) is 2.78. The number of nitrogens with one attached hydrogen (secondary N) is 1. The topological polar surface area (TPSA) is 17.0 Å². The average molecular weight is 278 g/mol. The smallest absolute Gasteiger partial charge is 0.110 e. The molecule has 0 aliphatic heterocycles. The van der Waals surface area contributed by atoms with Crippen molar-refractivity contribution in [3.05, 3.63) is 84.7 Å². The first-order chi connectivity index (χ1) is 9.83. The zero-order valence-electron chi connectivity index (χ0n) is 10.9. The molecule has 0 saturated carbocycles. The SMILES string of the molecule is S=C(Nc1cccc(-n2cccc2)c1)c1ccccc1. The van der Waals surface area contributed by atoms with Crippen LogP contribution in [0, 0.1) is 0 Å². The van der Waals surface area contributed by atoms with Crippen LogP contribution in [0.1, 0.15) is 5.56 Å². The van der Waals surface area contributed by atoms with Crippen LogP contribution in [-0.2, 0) is 0 Å². The molecule has 0 amide bonds. The Labute approximate surface area is 123 Å². The van der Waals surface area contributed by atoms with E-state index in [1.165, 1.54) is 0 Å². The summed E-state index contributed by atoms with van der Waals surface area (Å²) >= 11 is 5.43. The summed E-state index contributed by atoms with van der Waals surface area (Å²) < 4.78 is 2.07. The van der Waals surface area contributed by atoms with Crippen molar-refractivity contribution >= 4 is 22.9 Å². The summed E-state index contributed by atoms with van der Waals surface area (Å²) in [6, 6.07) is 22.2. The molecular weight excluding hydrogens is 264 g/mol. The van der Waals surface area contributed by atoms with Gasteiger partial charge < -0.3 is 9.88 Å². The molecule has 0 radical (unpaired) electrons. The van der Waals surface area contributed by atoms with Gasteiger partial charge in [0.25, 0.3) is 0 Å². The second-order valence-corrected chi connectivity index (χ2v) is 4.87. The minimum Gasteiger partial charge on any atom is -0.346 e. The monoisotopic (exact) mass is 278 g/mol. The van der Waals surface area contributed by atoms with E-state index in [0.717, 1.165) is 21.9 Å². The van der Waals surface area contributed by atoms with Gasteiger partial charge in [0, 0.05) is 29.3 Å². The normalized spacial score (nSPS) is 10.2. The van der Waals surface area contributed by atoms with Gasteiger partial charge in [-0.1, -0.05) is 48.6 Å². The molecule has 0 aliphatic rings. The van der Waals surface area contributed by atoms with E-state index >= 15 is 0 Å². The Morgan fingerprint density at radius 2 is 1.60 bits per heavy atom. The fourth-order valence-corrected chi connectivity index (χ4v) is 2.30. The van der Waals surface area contributed by atoms with Gasteiger partial charge in [-0.25, -0.2) is 0 Å². The Morgan fingerprint density at radius 1 is 0.850 bits per heavy atom. The van der Waals surface area contributed by atoms with Crippen LogP contribution in [0.4, 0.5) is 5.69 Å². The zero-order chi connectivity index (χ0) is 13.8. The molecule has 1 N–H and O–H groups in total. The number of anilines is 1. The van der Waals surface area contributed by atoms with E-state index in [-0.39, 0.29) is 0 Å². The van der Waals surface area contributed by atoms with E-state index in [4.69, 9.17) is 12.2 Å². The summed E-state index contributed by atoms with van der Waals surface area (Å²) in [5, 5.41) is 3.28. The predicted molar refractivity (Wildman–Crippen MR) is 87.5 cm³/mol. The minimum absolute atomic E-state index is 0.732. The van der Waals surface area contributed by atoms with Gasteiger partial charge >= 0.3 is 0 Å². The molecule has 0 saturated heterocycles. The van der Waals surface area contributed by atoms with Crippen LogP contribution in [0.3, 0.4) is 0 Å². The Balaban J connectivity index is 1.82. The van der Waals surface area contributed by atoms with E-state index in [0.29, 0.717) is 0 Å². The number of hydrogen-bond donors (Lipinski definition) is 1. The maximum Gasteiger partial charge on any atom is 0.110 e. The molecule has 2 aromatic carbocycles. The van der Waals surface area contributed by atoms with E-state index < -0.39 is 0 Å². The van der Waals surface area contributed by atoms with E-state index in [9.17, 15) is 0 Å². The molecule has 0 fully saturated rings. The number of thiocarbonyl (C=S) groups is 1. The first kappa shape index (κ1) is 12.6. The van der Waals surface area contributed by atoms with Gasteiger partial charge in [-0.3, -0.25) is 0 Å². The highest BCUT2D eigenvalue weighted by Gasteiger charge is 2.02. The standard InChI is InChI=1S/C17H14N2S/c20-17(14-7-2-1-3-8-14)18-15-9-6-10-16(13-15)19-11-4-5-12-19/h1-13H,(H,18,20). The lowest BCUT2D eigenvalue weighted by Crippen LogP contribution is -2.10. The molecule has 3 aromatic rings. The van der Waals surface area contributed by atoms with Crippen LogP contribution in [0.5, 0.6) is 0 Å². The van der Waals surface area contributed by atoms with Crippen molar-refractivity contribution in [2.24, 2.45) is 0 Å². The number of rotatable bonds is 3. The molecule has 0 bridgehead atoms. The van der Waals surface area contributed by atoms with Gasteiger partial charge in [-0.2, -0.15) is 0 Å².